The smallest absolute Gasteiger partial charge is 0.225 e. The first kappa shape index (κ1) is 17.1. The van der Waals surface area contributed by atoms with Crippen molar-refractivity contribution in [3.05, 3.63) is 42.1 Å². The molecule has 1 aromatic carbocycles. The van der Waals surface area contributed by atoms with E-state index >= 15 is 0 Å². The van der Waals surface area contributed by atoms with E-state index < -0.39 is 0 Å². The van der Waals surface area contributed by atoms with E-state index in [-0.39, 0.29) is 18.5 Å². The van der Waals surface area contributed by atoms with E-state index in [1.165, 1.54) is 12.1 Å². The summed E-state index contributed by atoms with van der Waals surface area (Å²) in [6.45, 7) is 3.64. The Labute approximate surface area is 159 Å². The van der Waals surface area contributed by atoms with Crippen LogP contribution in [0.2, 0.25) is 0 Å². The van der Waals surface area contributed by atoms with Crippen LogP contribution < -0.4 is 4.90 Å². The molecule has 2 N–H and O–H groups in total. The summed E-state index contributed by atoms with van der Waals surface area (Å²) >= 11 is 0. The zero-order valence-corrected chi connectivity index (χ0v) is 15.3. The molecule has 1 atom stereocenters. The SMILES string of the molecule is Cc1nc(N2CCO[C@@H](CO)C2)ncc1-n1c2ccc(F)cc2c2[nH]ncc21. The average molecular weight is 382 g/mol. The first-order valence-electron chi connectivity index (χ1n) is 9.10. The Bertz CT molecular complexity index is 1170. The highest BCUT2D eigenvalue weighted by Gasteiger charge is 2.23. The maximum absolute atomic E-state index is 13.8. The molecule has 28 heavy (non-hydrogen) atoms. The van der Waals surface area contributed by atoms with Crippen molar-refractivity contribution >= 4 is 27.9 Å². The number of halogens is 1. The Morgan fingerprint density at radius 2 is 2.21 bits per heavy atom. The van der Waals surface area contributed by atoms with Crippen LogP contribution in [0.25, 0.3) is 27.6 Å². The third kappa shape index (κ3) is 2.62. The molecule has 0 spiro atoms. The summed E-state index contributed by atoms with van der Waals surface area (Å²) < 4.78 is 21.3. The minimum atomic E-state index is -0.296. The van der Waals surface area contributed by atoms with E-state index in [9.17, 15) is 9.50 Å². The van der Waals surface area contributed by atoms with Gasteiger partial charge in [-0.3, -0.25) is 5.10 Å². The Morgan fingerprint density at radius 1 is 1.32 bits per heavy atom. The number of anilines is 1. The monoisotopic (exact) mass is 382 g/mol. The molecular formula is C19H19FN6O2. The van der Waals surface area contributed by atoms with E-state index in [1.54, 1.807) is 18.5 Å². The minimum absolute atomic E-state index is 0.0298. The summed E-state index contributed by atoms with van der Waals surface area (Å²) in [5.41, 5.74) is 4.07. The Hall–Kier alpha value is -3.04. The number of aliphatic hydroxyl groups is 1. The van der Waals surface area contributed by atoms with Crippen LogP contribution in [0.3, 0.4) is 0 Å². The molecule has 8 nitrogen and oxygen atoms in total. The van der Waals surface area contributed by atoms with Gasteiger partial charge >= 0.3 is 0 Å². The van der Waals surface area contributed by atoms with Crippen molar-refractivity contribution in [2.75, 3.05) is 31.2 Å². The maximum Gasteiger partial charge on any atom is 0.225 e. The molecule has 3 aromatic heterocycles. The van der Waals surface area contributed by atoms with E-state index in [4.69, 9.17) is 4.74 Å². The zero-order valence-electron chi connectivity index (χ0n) is 15.3. The fraction of sp³-hybridized carbons (Fsp3) is 0.316. The number of nitrogens with zero attached hydrogens (tertiary/aromatic N) is 5. The minimum Gasteiger partial charge on any atom is -0.394 e. The lowest BCUT2D eigenvalue weighted by Crippen LogP contribution is -2.44. The van der Waals surface area contributed by atoms with Gasteiger partial charge in [0.05, 0.1) is 59.6 Å². The number of H-pyrrole nitrogens is 1. The summed E-state index contributed by atoms with van der Waals surface area (Å²) in [6, 6.07) is 4.69. The molecule has 1 saturated heterocycles. The molecule has 0 amide bonds. The zero-order chi connectivity index (χ0) is 19.3. The van der Waals surface area contributed by atoms with Gasteiger partial charge in [0.1, 0.15) is 5.82 Å². The molecule has 1 fully saturated rings. The first-order chi connectivity index (χ1) is 13.7. The van der Waals surface area contributed by atoms with Gasteiger partial charge in [0.2, 0.25) is 5.95 Å². The van der Waals surface area contributed by atoms with Crippen LogP contribution in [0.5, 0.6) is 0 Å². The lowest BCUT2D eigenvalue weighted by molar-refractivity contribution is 0.00313. The number of aryl methyl sites for hydroxylation is 1. The first-order valence-corrected chi connectivity index (χ1v) is 9.10. The van der Waals surface area contributed by atoms with E-state index in [0.29, 0.717) is 25.6 Å². The number of aromatic nitrogens is 5. The van der Waals surface area contributed by atoms with Crippen molar-refractivity contribution in [3.63, 3.8) is 0 Å². The van der Waals surface area contributed by atoms with Gasteiger partial charge in [0.25, 0.3) is 0 Å². The van der Waals surface area contributed by atoms with E-state index in [0.717, 1.165) is 33.3 Å². The van der Waals surface area contributed by atoms with Crippen LogP contribution in [0.15, 0.2) is 30.6 Å². The highest BCUT2D eigenvalue weighted by Crippen LogP contribution is 2.32. The molecule has 144 valence electrons. The van der Waals surface area contributed by atoms with Gasteiger partial charge in [-0.2, -0.15) is 5.10 Å². The number of hydrogen-bond donors (Lipinski definition) is 2. The molecule has 0 unspecified atom stereocenters. The normalized spacial score (nSPS) is 17.7. The van der Waals surface area contributed by atoms with Gasteiger partial charge in [-0.15, -0.1) is 0 Å². The largest absolute Gasteiger partial charge is 0.394 e. The molecular weight excluding hydrogens is 363 g/mol. The van der Waals surface area contributed by atoms with Gasteiger partial charge in [0, 0.05) is 18.5 Å². The number of aromatic amines is 1. The van der Waals surface area contributed by atoms with Crippen molar-refractivity contribution in [1.29, 1.82) is 0 Å². The third-order valence-corrected chi connectivity index (χ3v) is 5.14. The second kappa shape index (κ2) is 6.54. The van der Waals surface area contributed by atoms with Crippen molar-refractivity contribution in [2.24, 2.45) is 0 Å². The summed E-state index contributed by atoms with van der Waals surface area (Å²) in [5, 5.41) is 17.2. The highest BCUT2D eigenvalue weighted by molar-refractivity contribution is 6.06. The van der Waals surface area contributed by atoms with Crippen molar-refractivity contribution in [3.8, 4) is 5.69 Å². The van der Waals surface area contributed by atoms with Crippen LogP contribution in [-0.4, -0.2) is 62.2 Å². The lowest BCUT2D eigenvalue weighted by Gasteiger charge is -2.32. The molecule has 4 heterocycles. The van der Waals surface area contributed by atoms with Crippen molar-refractivity contribution in [2.45, 2.75) is 13.0 Å². The molecule has 1 aliphatic heterocycles. The molecule has 0 radical (unpaired) electrons. The van der Waals surface area contributed by atoms with E-state index in [1.807, 2.05) is 16.4 Å². The average Bonchev–Trinajstić information content (AvgIpc) is 3.29. The fourth-order valence-electron chi connectivity index (χ4n) is 3.77. The number of ether oxygens (including phenoxy) is 1. The van der Waals surface area contributed by atoms with Crippen LogP contribution in [0.1, 0.15) is 5.69 Å². The number of fused-ring (bicyclic) bond motifs is 3. The van der Waals surface area contributed by atoms with Crippen molar-refractivity contribution < 1.29 is 14.2 Å². The molecule has 1 aliphatic rings. The molecule has 5 rings (SSSR count). The predicted molar refractivity (Wildman–Crippen MR) is 102 cm³/mol. The summed E-state index contributed by atoms with van der Waals surface area (Å²) in [4.78, 5) is 11.3. The number of rotatable bonds is 3. The molecule has 0 bridgehead atoms. The molecule has 4 aromatic rings. The number of morpholine rings is 1. The highest BCUT2D eigenvalue weighted by atomic mass is 19.1. The van der Waals surface area contributed by atoms with Crippen LogP contribution in [-0.2, 0) is 4.74 Å². The van der Waals surface area contributed by atoms with Crippen LogP contribution >= 0.6 is 0 Å². The topological polar surface area (TPSA) is 92.1 Å². The Morgan fingerprint density at radius 3 is 3.04 bits per heavy atom. The van der Waals surface area contributed by atoms with E-state index in [2.05, 4.69) is 20.2 Å². The summed E-state index contributed by atoms with van der Waals surface area (Å²) in [5.74, 6) is 0.309. The number of benzene rings is 1. The maximum atomic E-state index is 13.8. The fourth-order valence-corrected chi connectivity index (χ4v) is 3.77. The Kier molecular flexibility index (Phi) is 3.99. The second-order valence-electron chi connectivity index (χ2n) is 6.89. The number of aliphatic hydroxyl groups excluding tert-OH is 1. The van der Waals surface area contributed by atoms with Crippen LogP contribution in [0.4, 0.5) is 10.3 Å². The number of nitrogens with one attached hydrogen (secondary N) is 1. The summed E-state index contributed by atoms with van der Waals surface area (Å²) in [7, 11) is 0. The van der Waals surface area contributed by atoms with Gasteiger partial charge in [-0.05, 0) is 25.1 Å². The molecule has 0 saturated carbocycles. The van der Waals surface area contributed by atoms with Gasteiger partial charge in [-0.25, -0.2) is 14.4 Å². The predicted octanol–water partition coefficient (Wildman–Crippen LogP) is 1.94. The number of hydrogen-bond acceptors (Lipinski definition) is 6. The van der Waals surface area contributed by atoms with Gasteiger partial charge in [0.15, 0.2) is 0 Å². The van der Waals surface area contributed by atoms with Gasteiger partial charge in [-0.1, -0.05) is 0 Å². The van der Waals surface area contributed by atoms with Crippen LogP contribution in [0, 0.1) is 12.7 Å². The molecule has 0 aliphatic carbocycles. The Balaban J connectivity index is 1.61. The lowest BCUT2D eigenvalue weighted by atomic mass is 10.2. The second-order valence-corrected chi connectivity index (χ2v) is 6.89. The summed E-state index contributed by atoms with van der Waals surface area (Å²) in [6.07, 6.45) is 3.26. The standard InChI is InChI=1S/C19H19FN6O2/c1-11-16(7-21-19(23-11)25-4-5-28-13(9-25)10-27)26-15-3-2-12(20)6-14(15)18-17(26)8-22-24-18/h2-3,6-8,13,27H,4-5,9-10H2,1H3,(H,22,24)/t13-/m1/s1. The van der Waals surface area contributed by atoms with Gasteiger partial charge < -0.3 is 19.3 Å². The molecule has 9 heteroatoms. The third-order valence-electron chi connectivity index (χ3n) is 5.14. The van der Waals surface area contributed by atoms with Crippen molar-refractivity contribution in [1.82, 2.24) is 24.7 Å². The quantitative estimate of drug-likeness (QED) is 0.563.